The third kappa shape index (κ3) is 3.82. The Labute approximate surface area is 168 Å². The Morgan fingerprint density at radius 3 is 2.36 bits per heavy atom. The molecule has 2 aromatic rings. The second-order valence-electron chi connectivity index (χ2n) is 9.23. The highest BCUT2D eigenvalue weighted by Gasteiger charge is 2.30. The van der Waals surface area contributed by atoms with Gasteiger partial charge in [0.15, 0.2) is 5.78 Å². The van der Waals surface area contributed by atoms with Gasteiger partial charge in [-0.3, -0.25) is 4.79 Å². The number of hydrogen-bond acceptors (Lipinski definition) is 4. The number of carbonyl (C=O) groups is 1. The number of nitrogens with zero attached hydrogens (tertiary/aromatic N) is 3. The van der Waals surface area contributed by atoms with Crippen molar-refractivity contribution in [1.82, 2.24) is 9.97 Å². The highest BCUT2D eigenvalue weighted by molar-refractivity contribution is 5.98. The molecule has 0 radical (unpaired) electrons. The molecule has 2 aliphatic rings. The predicted octanol–water partition coefficient (Wildman–Crippen LogP) is 5.00. The van der Waals surface area contributed by atoms with Crippen molar-refractivity contribution in [3.8, 4) is 0 Å². The minimum atomic E-state index is 0.172. The summed E-state index contributed by atoms with van der Waals surface area (Å²) in [5, 5.41) is 0. The second kappa shape index (κ2) is 7.65. The summed E-state index contributed by atoms with van der Waals surface area (Å²) >= 11 is 0. The standard InChI is InChI=1S/C24H31N3O/c1-15(2)18-5-7-19(8-6-18)20-10-22-21(23(28)11-20)12-25-24(26-22)27-13-16(3)9-17(4)14-27/h5-8,12,15-17,20H,9-11,13-14H2,1-4H3. The van der Waals surface area contributed by atoms with Gasteiger partial charge in [-0.05, 0) is 47.6 Å². The number of piperidine rings is 1. The lowest BCUT2D eigenvalue weighted by Gasteiger charge is -2.35. The van der Waals surface area contributed by atoms with E-state index in [4.69, 9.17) is 4.98 Å². The van der Waals surface area contributed by atoms with Crippen LogP contribution in [0.15, 0.2) is 30.5 Å². The average molecular weight is 378 g/mol. The van der Waals surface area contributed by atoms with Gasteiger partial charge in [-0.15, -0.1) is 0 Å². The Morgan fingerprint density at radius 1 is 1.04 bits per heavy atom. The molecular weight excluding hydrogens is 346 g/mol. The van der Waals surface area contributed by atoms with Crippen molar-refractivity contribution in [2.75, 3.05) is 18.0 Å². The number of Topliss-reactive ketones (excluding diaryl/α,β-unsaturated/α-hetero) is 1. The van der Waals surface area contributed by atoms with Crippen LogP contribution in [0.2, 0.25) is 0 Å². The predicted molar refractivity (Wildman–Crippen MR) is 113 cm³/mol. The summed E-state index contributed by atoms with van der Waals surface area (Å²) < 4.78 is 0. The lowest BCUT2D eigenvalue weighted by atomic mass is 9.81. The molecule has 148 valence electrons. The summed E-state index contributed by atoms with van der Waals surface area (Å²) in [7, 11) is 0. The van der Waals surface area contributed by atoms with E-state index in [-0.39, 0.29) is 11.7 Å². The first-order valence-corrected chi connectivity index (χ1v) is 10.6. The smallest absolute Gasteiger partial charge is 0.225 e. The van der Waals surface area contributed by atoms with Gasteiger partial charge in [-0.25, -0.2) is 9.97 Å². The minimum absolute atomic E-state index is 0.172. The summed E-state index contributed by atoms with van der Waals surface area (Å²) in [6.45, 7) is 11.0. The van der Waals surface area contributed by atoms with E-state index in [0.717, 1.165) is 36.7 Å². The average Bonchev–Trinajstić information content (AvgIpc) is 2.67. The Morgan fingerprint density at radius 2 is 1.71 bits per heavy atom. The van der Waals surface area contributed by atoms with Crippen LogP contribution < -0.4 is 4.90 Å². The van der Waals surface area contributed by atoms with E-state index in [2.05, 4.69) is 61.8 Å². The zero-order valence-electron chi connectivity index (χ0n) is 17.5. The van der Waals surface area contributed by atoms with Gasteiger partial charge in [0, 0.05) is 25.7 Å². The molecule has 1 aromatic heterocycles. The minimum Gasteiger partial charge on any atom is -0.340 e. The molecule has 1 aliphatic carbocycles. The first-order chi connectivity index (χ1) is 13.4. The molecule has 3 atom stereocenters. The van der Waals surface area contributed by atoms with Crippen molar-refractivity contribution < 1.29 is 4.79 Å². The van der Waals surface area contributed by atoms with Gasteiger partial charge in [0.25, 0.3) is 0 Å². The van der Waals surface area contributed by atoms with E-state index >= 15 is 0 Å². The zero-order chi connectivity index (χ0) is 19.8. The number of fused-ring (bicyclic) bond motifs is 1. The molecule has 4 heteroatoms. The molecule has 28 heavy (non-hydrogen) atoms. The number of benzene rings is 1. The fourth-order valence-corrected chi connectivity index (χ4v) is 4.80. The van der Waals surface area contributed by atoms with Gasteiger partial charge < -0.3 is 4.90 Å². The van der Waals surface area contributed by atoms with Crippen molar-refractivity contribution >= 4 is 11.7 Å². The van der Waals surface area contributed by atoms with Gasteiger partial charge in [0.05, 0.1) is 11.3 Å². The molecule has 1 aromatic carbocycles. The quantitative estimate of drug-likeness (QED) is 0.755. The van der Waals surface area contributed by atoms with Gasteiger partial charge in [-0.2, -0.15) is 0 Å². The number of anilines is 1. The van der Waals surface area contributed by atoms with Gasteiger partial charge in [0.1, 0.15) is 0 Å². The normalized spacial score (nSPS) is 25.1. The van der Waals surface area contributed by atoms with Crippen molar-refractivity contribution in [2.45, 2.75) is 58.8 Å². The summed E-state index contributed by atoms with van der Waals surface area (Å²) in [6.07, 6.45) is 4.39. The van der Waals surface area contributed by atoms with E-state index in [0.29, 0.717) is 24.2 Å². The number of ketones is 1. The van der Waals surface area contributed by atoms with Crippen LogP contribution in [0.1, 0.15) is 79.6 Å². The van der Waals surface area contributed by atoms with Crippen molar-refractivity contribution in [2.24, 2.45) is 11.8 Å². The molecule has 0 saturated carbocycles. The second-order valence-corrected chi connectivity index (χ2v) is 9.23. The number of rotatable bonds is 3. The van der Waals surface area contributed by atoms with E-state index in [1.807, 2.05) is 0 Å². The Hall–Kier alpha value is -2.23. The third-order valence-electron chi connectivity index (χ3n) is 6.25. The molecule has 1 aliphatic heterocycles. The topological polar surface area (TPSA) is 46.1 Å². The molecule has 2 heterocycles. The first kappa shape index (κ1) is 19.1. The first-order valence-electron chi connectivity index (χ1n) is 10.6. The highest BCUT2D eigenvalue weighted by atomic mass is 16.1. The molecular formula is C24H31N3O. The Balaban J connectivity index is 1.58. The summed E-state index contributed by atoms with van der Waals surface area (Å²) in [5.41, 5.74) is 4.22. The van der Waals surface area contributed by atoms with E-state index < -0.39 is 0 Å². The zero-order valence-corrected chi connectivity index (χ0v) is 17.5. The molecule has 1 fully saturated rings. The summed E-state index contributed by atoms with van der Waals surface area (Å²) in [4.78, 5) is 24.5. The number of aromatic nitrogens is 2. The summed E-state index contributed by atoms with van der Waals surface area (Å²) in [5.74, 6) is 3.00. The lowest BCUT2D eigenvalue weighted by Crippen LogP contribution is -2.40. The Kier molecular flexibility index (Phi) is 5.22. The van der Waals surface area contributed by atoms with Gasteiger partial charge in [0.2, 0.25) is 5.95 Å². The van der Waals surface area contributed by atoms with Crippen LogP contribution in [0.3, 0.4) is 0 Å². The molecule has 3 unspecified atom stereocenters. The van der Waals surface area contributed by atoms with Crippen molar-refractivity contribution in [3.05, 3.63) is 52.8 Å². The fourth-order valence-electron chi connectivity index (χ4n) is 4.80. The van der Waals surface area contributed by atoms with Crippen LogP contribution in [0.4, 0.5) is 5.95 Å². The maximum Gasteiger partial charge on any atom is 0.225 e. The molecule has 1 saturated heterocycles. The molecule has 4 nitrogen and oxygen atoms in total. The van der Waals surface area contributed by atoms with Crippen LogP contribution in [0.25, 0.3) is 0 Å². The molecule has 0 spiro atoms. The molecule has 0 amide bonds. The third-order valence-corrected chi connectivity index (χ3v) is 6.25. The number of carbonyl (C=O) groups excluding carboxylic acids is 1. The van der Waals surface area contributed by atoms with Crippen molar-refractivity contribution in [3.63, 3.8) is 0 Å². The molecule has 0 bridgehead atoms. The van der Waals surface area contributed by atoms with Crippen LogP contribution in [0, 0.1) is 11.8 Å². The van der Waals surface area contributed by atoms with Gasteiger partial charge >= 0.3 is 0 Å². The fraction of sp³-hybridized carbons (Fsp3) is 0.542. The van der Waals surface area contributed by atoms with Crippen LogP contribution >= 0.6 is 0 Å². The van der Waals surface area contributed by atoms with Crippen LogP contribution in [-0.4, -0.2) is 28.8 Å². The highest BCUT2D eigenvalue weighted by Crippen LogP contribution is 2.33. The van der Waals surface area contributed by atoms with E-state index in [1.165, 1.54) is 17.5 Å². The Bertz CT molecular complexity index is 849. The van der Waals surface area contributed by atoms with Crippen molar-refractivity contribution in [1.29, 1.82) is 0 Å². The van der Waals surface area contributed by atoms with Gasteiger partial charge in [-0.1, -0.05) is 52.0 Å². The lowest BCUT2D eigenvalue weighted by molar-refractivity contribution is 0.0962. The molecule has 0 N–H and O–H groups in total. The summed E-state index contributed by atoms with van der Waals surface area (Å²) in [6, 6.07) is 8.77. The largest absolute Gasteiger partial charge is 0.340 e. The SMILES string of the molecule is CC1CC(C)CN(c2ncc3c(n2)CC(c2ccc(C(C)C)cc2)CC3=O)C1. The monoisotopic (exact) mass is 377 g/mol. The van der Waals surface area contributed by atoms with Crippen LogP contribution in [-0.2, 0) is 6.42 Å². The number of hydrogen-bond donors (Lipinski definition) is 0. The van der Waals surface area contributed by atoms with E-state index in [1.54, 1.807) is 6.20 Å². The van der Waals surface area contributed by atoms with Crippen LogP contribution in [0.5, 0.6) is 0 Å². The maximum atomic E-state index is 12.7. The van der Waals surface area contributed by atoms with E-state index in [9.17, 15) is 4.79 Å². The molecule has 4 rings (SSSR count). The maximum absolute atomic E-state index is 12.7.